The Bertz CT molecular complexity index is 682. The van der Waals surface area contributed by atoms with Crippen LogP contribution in [0, 0.1) is 0 Å². The Hall–Kier alpha value is -2.62. The van der Waals surface area contributed by atoms with Gasteiger partial charge in [-0.3, -0.25) is 9.59 Å². The number of amides is 1. The first kappa shape index (κ1) is 14.3. The number of rotatable bonds is 4. The molecule has 4 nitrogen and oxygen atoms in total. The van der Waals surface area contributed by atoms with E-state index >= 15 is 0 Å². The number of carbonyl (C=O) groups excluding carboxylic acids is 2. The number of esters is 1. The number of benzene rings is 2. The molecule has 112 valence electrons. The lowest BCUT2D eigenvalue weighted by molar-refractivity contribution is -0.136. The first-order valence-electron chi connectivity index (χ1n) is 7.32. The number of hydrogen-bond donors (Lipinski definition) is 1. The van der Waals surface area contributed by atoms with Crippen molar-refractivity contribution in [2.24, 2.45) is 0 Å². The Kier molecular flexibility index (Phi) is 4.19. The molecule has 1 aliphatic rings. The van der Waals surface area contributed by atoms with Gasteiger partial charge in [-0.1, -0.05) is 48.5 Å². The molecule has 2 aromatic carbocycles. The van der Waals surface area contributed by atoms with E-state index in [1.54, 1.807) is 6.07 Å². The zero-order valence-electron chi connectivity index (χ0n) is 12.1. The zero-order chi connectivity index (χ0) is 15.4. The highest BCUT2D eigenvalue weighted by Crippen LogP contribution is 2.35. The Balaban J connectivity index is 1.63. The van der Waals surface area contributed by atoms with Crippen molar-refractivity contribution in [1.82, 2.24) is 5.32 Å². The largest absolute Gasteiger partial charge is 0.426 e. The maximum Gasteiger partial charge on any atom is 0.311 e. The van der Waals surface area contributed by atoms with E-state index in [0.29, 0.717) is 18.7 Å². The van der Waals surface area contributed by atoms with Crippen LogP contribution in [-0.4, -0.2) is 11.9 Å². The van der Waals surface area contributed by atoms with Gasteiger partial charge in [0.25, 0.3) is 0 Å². The molecule has 0 aromatic heterocycles. The average Bonchev–Trinajstić information content (AvgIpc) is 2.54. The molecule has 1 N–H and O–H groups in total. The highest BCUT2D eigenvalue weighted by molar-refractivity contribution is 5.81. The van der Waals surface area contributed by atoms with Gasteiger partial charge in [0.1, 0.15) is 5.75 Å². The molecular weight excluding hydrogens is 278 g/mol. The van der Waals surface area contributed by atoms with Crippen molar-refractivity contribution >= 4 is 11.9 Å². The van der Waals surface area contributed by atoms with Crippen LogP contribution in [-0.2, 0) is 16.1 Å². The Morgan fingerprint density at radius 2 is 1.82 bits per heavy atom. The molecule has 0 aliphatic carbocycles. The predicted molar refractivity (Wildman–Crippen MR) is 82.3 cm³/mol. The average molecular weight is 295 g/mol. The molecule has 4 heteroatoms. The molecule has 1 amide bonds. The molecule has 1 atom stereocenters. The van der Waals surface area contributed by atoms with Gasteiger partial charge in [-0.05, 0) is 17.2 Å². The van der Waals surface area contributed by atoms with E-state index in [9.17, 15) is 9.59 Å². The lowest BCUT2D eigenvalue weighted by Crippen LogP contribution is -2.28. The van der Waals surface area contributed by atoms with Gasteiger partial charge in [-0.15, -0.1) is 0 Å². The van der Waals surface area contributed by atoms with E-state index < -0.39 is 0 Å². The maximum absolute atomic E-state index is 12.1. The lowest BCUT2D eigenvalue weighted by Gasteiger charge is -2.23. The molecule has 0 radical (unpaired) electrons. The van der Waals surface area contributed by atoms with Crippen LogP contribution in [0.25, 0.3) is 0 Å². The smallest absolute Gasteiger partial charge is 0.311 e. The Morgan fingerprint density at radius 1 is 1.09 bits per heavy atom. The van der Waals surface area contributed by atoms with E-state index in [-0.39, 0.29) is 24.2 Å². The molecule has 0 bridgehead atoms. The first-order valence-corrected chi connectivity index (χ1v) is 7.32. The summed E-state index contributed by atoms with van der Waals surface area (Å²) < 4.78 is 5.20. The van der Waals surface area contributed by atoms with Crippen molar-refractivity contribution in [3.05, 3.63) is 65.7 Å². The van der Waals surface area contributed by atoms with Crippen LogP contribution < -0.4 is 10.1 Å². The molecule has 0 spiro atoms. The second-order valence-electron chi connectivity index (χ2n) is 5.38. The number of nitrogens with one attached hydrogen (secondary N) is 1. The van der Waals surface area contributed by atoms with Gasteiger partial charge in [0, 0.05) is 18.9 Å². The highest BCUT2D eigenvalue weighted by Gasteiger charge is 2.28. The zero-order valence-corrected chi connectivity index (χ0v) is 12.1. The fourth-order valence-corrected chi connectivity index (χ4v) is 2.66. The summed E-state index contributed by atoms with van der Waals surface area (Å²) in [5.74, 6) is 0.116. The van der Waals surface area contributed by atoms with Crippen LogP contribution >= 0.6 is 0 Å². The van der Waals surface area contributed by atoms with Gasteiger partial charge in [-0.2, -0.15) is 0 Å². The summed E-state index contributed by atoms with van der Waals surface area (Å²) in [5, 5.41) is 2.90. The molecule has 0 fully saturated rings. The summed E-state index contributed by atoms with van der Waals surface area (Å²) >= 11 is 0. The SMILES string of the molecule is O=C(C[C@@H]1CC(=O)Oc2ccccc21)NCc1ccccc1. The number of fused-ring (bicyclic) bond motifs is 1. The van der Waals surface area contributed by atoms with E-state index in [2.05, 4.69) is 5.32 Å². The molecule has 1 heterocycles. The summed E-state index contributed by atoms with van der Waals surface area (Å²) in [5.41, 5.74) is 1.98. The Morgan fingerprint density at radius 3 is 2.64 bits per heavy atom. The molecule has 2 aromatic rings. The fourth-order valence-electron chi connectivity index (χ4n) is 2.66. The van der Waals surface area contributed by atoms with Gasteiger partial charge < -0.3 is 10.1 Å². The molecule has 0 unspecified atom stereocenters. The third-order valence-electron chi connectivity index (χ3n) is 3.76. The first-order chi connectivity index (χ1) is 10.7. The number of hydrogen-bond acceptors (Lipinski definition) is 3. The van der Waals surface area contributed by atoms with Gasteiger partial charge in [0.15, 0.2) is 0 Å². The third-order valence-corrected chi connectivity index (χ3v) is 3.76. The summed E-state index contributed by atoms with van der Waals surface area (Å²) in [6.07, 6.45) is 0.536. The van der Waals surface area contributed by atoms with Gasteiger partial charge in [0.2, 0.25) is 5.91 Å². The van der Waals surface area contributed by atoms with Crippen LogP contribution in [0.3, 0.4) is 0 Å². The monoisotopic (exact) mass is 295 g/mol. The molecule has 0 saturated heterocycles. The minimum Gasteiger partial charge on any atom is -0.426 e. The van der Waals surface area contributed by atoms with E-state index in [1.165, 1.54) is 0 Å². The topological polar surface area (TPSA) is 55.4 Å². The summed E-state index contributed by atoms with van der Waals surface area (Å²) in [6.45, 7) is 0.498. The number of para-hydroxylation sites is 1. The van der Waals surface area contributed by atoms with Gasteiger partial charge >= 0.3 is 5.97 Å². The van der Waals surface area contributed by atoms with Crippen LogP contribution in [0.5, 0.6) is 5.75 Å². The molecule has 1 aliphatic heterocycles. The highest BCUT2D eigenvalue weighted by atomic mass is 16.5. The molecule has 22 heavy (non-hydrogen) atoms. The minimum absolute atomic E-state index is 0.0571. The second-order valence-corrected chi connectivity index (χ2v) is 5.38. The number of ether oxygens (including phenoxy) is 1. The molecular formula is C18H17NO3. The lowest BCUT2D eigenvalue weighted by atomic mass is 9.89. The quantitative estimate of drug-likeness (QED) is 0.697. The third kappa shape index (κ3) is 3.34. The minimum atomic E-state index is -0.278. The van der Waals surface area contributed by atoms with E-state index in [1.807, 2.05) is 48.5 Å². The van der Waals surface area contributed by atoms with Crippen molar-refractivity contribution < 1.29 is 14.3 Å². The van der Waals surface area contributed by atoms with Crippen LogP contribution in [0.1, 0.15) is 29.9 Å². The molecule has 0 saturated carbocycles. The van der Waals surface area contributed by atoms with Crippen LogP contribution in [0.2, 0.25) is 0 Å². The standard InChI is InChI=1S/C18H17NO3/c20-17(19-12-13-6-2-1-3-7-13)10-14-11-18(21)22-16-9-5-4-8-15(14)16/h1-9,14H,10-12H2,(H,19,20)/t14-/m1/s1. The Labute approximate surface area is 129 Å². The van der Waals surface area contributed by atoms with Crippen molar-refractivity contribution in [3.8, 4) is 5.75 Å². The van der Waals surface area contributed by atoms with Gasteiger partial charge in [-0.25, -0.2) is 0 Å². The predicted octanol–water partition coefficient (Wildman–Crippen LogP) is 2.79. The van der Waals surface area contributed by atoms with E-state index in [0.717, 1.165) is 11.1 Å². The maximum atomic E-state index is 12.1. The van der Waals surface area contributed by atoms with E-state index in [4.69, 9.17) is 4.74 Å². The normalized spacial score (nSPS) is 16.5. The second kappa shape index (κ2) is 6.43. The van der Waals surface area contributed by atoms with Crippen molar-refractivity contribution in [1.29, 1.82) is 0 Å². The van der Waals surface area contributed by atoms with Crippen molar-refractivity contribution in [2.45, 2.75) is 25.3 Å². The van der Waals surface area contributed by atoms with Crippen LogP contribution in [0.15, 0.2) is 54.6 Å². The molecule has 3 rings (SSSR count). The summed E-state index contributed by atoms with van der Waals surface area (Å²) in [6, 6.07) is 17.1. The van der Waals surface area contributed by atoms with Crippen LogP contribution in [0.4, 0.5) is 0 Å². The number of carbonyl (C=O) groups is 2. The summed E-state index contributed by atoms with van der Waals surface area (Å²) in [7, 11) is 0. The summed E-state index contributed by atoms with van der Waals surface area (Å²) in [4.78, 5) is 23.8. The fraction of sp³-hybridized carbons (Fsp3) is 0.222. The van der Waals surface area contributed by atoms with Gasteiger partial charge in [0.05, 0.1) is 6.42 Å². The van der Waals surface area contributed by atoms with Crippen molar-refractivity contribution in [3.63, 3.8) is 0 Å². The van der Waals surface area contributed by atoms with Crippen molar-refractivity contribution in [2.75, 3.05) is 0 Å².